The molecule has 3 N–H and O–H groups in total. The molecule has 1 aromatic heterocycles. The number of thioether (sulfide) groups is 2. The van der Waals surface area contributed by atoms with Crippen LogP contribution in [-0.2, 0) is 13.5 Å². The molecule has 1 aliphatic heterocycles. The van der Waals surface area contributed by atoms with Crippen molar-refractivity contribution >= 4 is 35.1 Å². The number of hydrogen-bond acceptors (Lipinski definition) is 5. The van der Waals surface area contributed by atoms with Crippen molar-refractivity contribution in [2.75, 3.05) is 17.3 Å². The third-order valence-electron chi connectivity index (χ3n) is 3.20. The number of nitrogens with zero attached hydrogens (tertiary/aromatic N) is 2. The predicted molar refractivity (Wildman–Crippen MR) is 81.3 cm³/mol. The molecule has 1 aromatic rings. The van der Waals surface area contributed by atoms with E-state index in [0.29, 0.717) is 5.25 Å². The van der Waals surface area contributed by atoms with Crippen molar-refractivity contribution in [3.8, 4) is 0 Å². The number of rotatable bonds is 4. The molecule has 102 valence electrons. The monoisotopic (exact) mass is 306 g/mol. The summed E-state index contributed by atoms with van der Waals surface area (Å²) in [7, 11) is 1.87. The van der Waals surface area contributed by atoms with Gasteiger partial charge in [0.2, 0.25) is 0 Å². The highest BCUT2D eigenvalue weighted by molar-refractivity contribution is 8.06. The SMILES string of the molecule is Cc1nn(C)c(Cl)c1CC(NN)C1CSCCS1. The Morgan fingerprint density at radius 2 is 2.39 bits per heavy atom. The molecular formula is C11H19ClN4S2. The molecule has 1 saturated heterocycles. The lowest BCUT2D eigenvalue weighted by Crippen LogP contribution is -2.46. The molecule has 0 spiro atoms. The summed E-state index contributed by atoms with van der Waals surface area (Å²) in [6, 6.07) is 0.253. The van der Waals surface area contributed by atoms with Gasteiger partial charge in [0.1, 0.15) is 5.15 Å². The minimum absolute atomic E-state index is 0.253. The first kappa shape index (κ1) is 14.5. The van der Waals surface area contributed by atoms with Gasteiger partial charge in [-0.25, -0.2) is 0 Å². The molecule has 2 rings (SSSR count). The quantitative estimate of drug-likeness (QED) is 0.654. The number of aromatic nitrogens is 2. The summed E-state index contributed by atoms with van der Waals surface area (Å²) < 4.78 is 1.72. The van der Waals surface area contributed by atoms with E-state index in [9.17, 15) is 0 Å². The smallest absolute Gasteiger partial charge is 0.130 e. The molecule has 1 aliphatic rings. The van der Waals surface area contributed by atoms with Gasteiger partial charge in [0.15, 0.2) is 0 Å². The maximum absolute atomic E-state index is 6.27. The first-order valence-corrected chi connectivity index (χ1v) is 8.55. The number of halogens is 1. The molecule has 0 saturated carbocycles. The Morgan fingerprint density at radius 3 is 2.89 bits per heavy atom. The Morgan fingerprint density at radius 1 is 1.61 bits per heavy atom. The fourth-order valence-electron chi connectivity index (χ4n) is 2.16. The summed E-state index contributed by atoms with van der Waals surface area (Å²) in [6.45, 7) is 2.00. The molecule has 2 heterocycles. The van der Waals surface area contributed by atoms with Crippen molar-refractivity contribution in [3.63, 3.8) is 0 Å². The topological polar surface area (TPSA) is 55.9 Å². The van der Waals surface area contributed by atoms with E-state index in [1.165, 1.54) is 11.5 Å². The molecule has 7 heteroatoms. The number of nitrogens with one attached hydrogen (secondary N) is 1. The molecule has 0 radical (unpaired) electrons. The van der Waals surface area contributed by atoms with Crippen LogP contribution in [-0.4, -0.2) is 38.3 Å². The highest BCUT2D eigenvalue weighted by atomic mass is 35.5. The molecule has 0 aliphatic carbocycles. The predicted octanol–water partition coefficient (Wildman–Crippen LogP) is 1.60. The second-order valence-corrected chi connectivity index (χ2v) is 7.29. The van der Waals surface area contributed by atoms with Crippen molar-refractivity contribution < 1.29 is 0 Å². The van der Waals surface area contributed by atoms with Crippen LogP contribution in [0.15, 0.2) is 0 Å². The second kappa shape index (κ2) is 6.52. The van der Waals surface area contributed by atoms with Crippen LogP contribution in [0.4, 0.5) is 0 Å². The van der Waals surface area contributed by atoms with E-state index < -0.39 is 0 Å². The van der Waals surface area contributed by atoms with E-state index in [-0.39, 0.29) is 6.04 Å². The van der Waals surface area contributed by atoms with Gasteiger partial charge in [-0.2, -0.15) is 28.6 Å². The number of hydrogen-bond donors (Lipinski definition) is 2. The van der Waals surface area contributed by atoms with E-state index in [1.54, 1.807) is 4.68 Å². The summed E-state index contributed by atoms with van der Waals surface area (Å²) in [5.74, 6) is 9.31. The Bertz CT molecular complexity index is 404. The Hall–Kier alpha value is 0.120. The largest absolute Gasteiger partial charge is 0.271 e. The first-order valence-electron chi connectivity index (χ1n) is 5.97. The Labute approximate surface area is 121 Å². The van der Waals surface area contributed by atoms with E-state index in [4.69, 9.17) is 17.4 Å². The molecule has 0 bridgehead atoms. The van der Waals surface area contributed by atoms with Crippen LogP contribution in [0.3, 0.4) is 0 Å². The van der Waals surface area contributed by atoms with E-state index in [1.807, 2.05) is 37.5 Å². The molecule has 0 amide bonds. The van der Waals surface area contributed by atoms with Gasteiger partial charge in [-0.1, -0.05) is 11.6 Å². The van der Waals surface area contributed by atoms with Gasteiger partial charge < -0.3 is 0 Å². The summed E-state index contributed by atoms with van der Waals surface area (Å²) >= 11 is 10.3. The number of hydrazine groups is 1. The fraction of sp³-hybridized carbons (Fsp3) is 0.727. The van der Waals surface area contributed by atoms with Crippen molar-refractivity contribution in [2.45, 2.75) is 24.6 Å². The zero-order valence-electron chi connectivity index (χ0n) is 10.6. The molecule has 1 fully saturated rings. The van der Waals surface area contributed by atoms with E-state index in [2.05, 4.69) is 10.5 Å². The summed E-state index contributed by atoms with van der Waals surface area (Å²) in [4.78, 5) is 0. The zero-order chi connectivity index (χ0) is 13.1. The van der Waals surface area contributed by atoms with E-state index in [0.717, 1.165) is 28.6 Å². The van der Waals surface area contributed by atoms with E-state index >= 15 is 0 Å². The van der Waals surface area contributed by atoms with Gasteiger partial charge in [-0.05, 0) is 13.3 Å². The van der Waals surface area contributed by atoms with Crippen molar-refractivity contribution in [1.29, 1.82) is 0 Å². The van der Waals surface area contributed by atoms with Crippen molar-refractivity contribution in [1.82, 2.24) is 15.2 Å². The lowest BCUT2D eigenvalue weighted by molar-refractivity contribution is 0.522. The van der Waals surface area contributed by atoms with Crippen LogP contribution in [0.2, 0.25) is 5.15 Å². The third kappa shape index (κ3) is 3.17. The molecule has 18 heavy (non-hydrogen) atoms. The highest BCUT2D eigenvalue weighted by Gasteiger charge is 2.26. The van der Waals surface area contributed by atoms with Gasteiger partial charge in [0.25, 0.3) is 0 Å². The molecule has 2 atom stereocenters. The van der Waals surface area contributed by atoms with Gasteiger partial charge in [-0.15, -0.1) is 0 Å². The molecule has 0 aromatic carbocycles. The van der Waals surface area contributed by atoms with Crippen LogP contribution in [0.1, 0.15) is 11.3 Å². The van der Waals surface area contributed by atoms with Crippen LogP contribution in [0.25, 0.3) is 0 Å². The van der Waals surface area contributed by atoms with Gasteiger partial charge in [-0.3, -0.25) is 16.0 Å². The molecule has 2 unspecified atom stereocenters. The zero-order valence-corrected chi connectivity index (χ0v) is 13.0. The van der Waals surface area contributed by atoms with Gasteiger partial charge in [0.05, 0.1) is 5.69 Å². The standard InChI is InChI=1S/C11H19ClN4S2/c1-7-8(11(12)16(2)15-7)5-9(14-13)10-6-17-3-4-18-10/h9-10,14H,3-6,13H2,1-2H3. The highest BCUT2D eigenvalue weighted by Crippen LogP contribution is 2.29. The second-order valence-electron chi connectivity index (χ2n) is 4.44. The van der Waals surface area contributed by atoms with Crippen molar-refractivity contribution in [3.05, 3.63) is 16.4 Å². The number of nitrogens with two attached hydrogens (primary N) is 1. The Balaban J connectivity index is 2.09. The van der Waals surface area contributed by atoms with Crippen LogP contribution in [0, 0.1) is 6.92 Å². The normalized spacial score (nSPS) is 22.1. The van der Waals surface area contributed by atoms with Crippen LogP contribution >= 0.6 is 35.1 Å². The lowest BCUT2D eigenvalue weighted by atomic mass is 10.1. The summed E-state index contributed by atoms with van der Waals surface area (Å²) in [5.41, 5.74) is 5.06. The Kier molecular flexibility index (Phi) is 5.26. The first-order chi connectivity index (χ1) is 8.63. The minimum Gasteiger partial charge on any atom is -0.271 e. The van der Waals surface area contributed by atoms with Crippen LogP contribution < -0.4 is 11.3 Å². The average molecular weight is 307 g/mol. The summed E-state index contributed by atoms with van der Waals surface area (Å²) in [5, 5.41) is 5.62. The lowest BCUT2D eigenvalue weighted by Gasteiger charge is -2.29. The average Bonchev–Trinajstić information content (AvgIpc) is 2.62. The van der Waals surface area contributed by atoms with Gasteiger partial charge >= 0.3 is 0 Å². The third-order valence-corrected chi connectivity index (χ3v) is 6.59. The maximum atomic E-state index is 6.27. The van der Waals surface area contributed by atoms with Crippen LogP contribution in [0.5, 0.6) is 0 Å². The van der Waals surface area contributed by atoms with Gasteiger partial charge in [0, 0.05) is 41.2 Å². The number of aryl methyl sites for hydroxylation is 2. The fourth-order valence-corrected chi connectivity index (χ4v) is 5.28. The molecule has 4 nitrogen and oxygen atoms in total. The minimum atomic E-state index is 0.253. The molecular weight excluding hydrogens is 288 g/mol. The maximum Gasteiger partial charge on any atom is 0.130 e. The van der Waals surface area contributed by atoms with Crippen molar-refractivity contribution in [2.24, 2.45) is 12.9 Å². The summed E-state index contributed by atoms with van der Waals surface area (Å²) in [6.07, 6.45) is 0.841.